The van der Waals surface area contributed by atoms with Crippen LogP contribution in [0.1, 0.15) is 24.1 Å². The lowest BCUT2D eigenvalue weighted by Gasteiger charge is -2.21. The van der Waals surface area contributed by atoms with Crippen LogP contribution in [0.3, 0.4) is 0 Å². The third kappa shape index (κ3) is 3.54. The van der Waals surface area contributed by atoms with E-state index in [2.05, 4.69) is 40.3 Å². The third-order valence-corrected chi connectivity index (χ3v) is 4.08. The Morgan fingerprint density at radius 3 is 2.50 bits per heavy atom. The summed E-state index contributed by atoms with van der Waals surface area (Å²) >= 11 is 9.73. The summed E-state index contributed by atoms with van der Waals surface area (Å²) in [6.07, 6.45) is 0. The average Bonchev–Trinajstić information content (AvgIpc) is 2.48. The third-order valence-electron chi connectivity index (χ3n) is 3.13. The normalized spacial score (nSPS) is 12.2. The maximum atomic E-state index is 6.13. The van der Waals surface area contributed by atoms with Gasteiger partial charge in [-0.2, -0.15) is 0 Å². The molecular formula is C16H17BrClNO. The second kappa shape index (κ2) is 7.11. The summed E-state index contributed by atoms with van der Waals surface area (Å²) in [4.78, 5) is 0. The molecule has 0 aromatic heterocycles. The van der Waals surface area contributed by atoms with E-state index >= 15 is 0 Å². The number of ether oxygens (including phenoxy) is 1. The van der Waals surface area contributed by atoms with Crippen LogP contribution in [-0.4, -0.2) is 13.7 Å². The molecule has 0 bridgehead atoms. The molecule has 1 atom stereocenters. The lowest BCUT2D eigenvalue weighted by molar-refractivity contribution is 0.414. The summed E-state index contributed by atoms with van der Waals surface area (Å²) in [6, 6.07) is 14.0. The second-order valence-corrected chi connectivity index (χ2v) is 5.72. The first kappa shape index (κ1) is 15.4. The molecule has 0 aliphatic rings. The van der Waals surface area contributed by atoms with Gasteiger partial charge < -0.3 is 10.1 Å². The van der Waals surface area contributed by atoms with E-state index in [1.54, 1.807) is 7.11 Å². The molecule has 0 saturated heterocycles. The molecule has 0 radical (unpaired) electrons. The van der Waals surface area contributed by atoms with E-state index in [9.17, 15) is 0 Å². The Morgan fingerprint density at radius 1 is 1.20 bits per heavy atom. The minimum Gasteiger partial charge on any atom is -0.497 e. The maximum Gasteiger partial charge on any atom is 0.118 e. The minimum atomic E-state index is 0.0963. The number of benzene rings is 2. The van der Waals surface area contributed by atoms with Crippen molar-refractivity contribution in [3.05, 3.63) is 63.1 Å². The molecule has 106 valence electrons. The number of nitrogens with one attached hydrogen (secondary N) is 1. The van der Waals surface area contributed by atoms with Gasteiger partial charge in [0.1, 0.15) is 5.75 Å². The molecule has 4 heteroatoms. The number of hydrogen-bond acceptors (Lipinski definition) is 2. The summed E-state index contributed by atoms with van der Waals surface area (Å²) in [5.41, 5.74) is 2.31. The Hall–Kier alpha value is -1.03. The first-order valence-electron chi connectivity index (χ1n) is 6.48. The van der Waals surface area contributed by atoms with Crippen molar-refractivity contribution in [3.8, 4) is 5.75 Å². The van der Waals surface area contributed by atoms with Gasteiger partial charge in [-0.15, -0.1) is 0 Å². The molecule has 0 aliphatic carbocycles. The van der Waals surface area contributed by atoms with Crippen molar-refractivity contribution in [2.24, 2.45) is 0 Å². The van der Waals surface area contributed by atoms with Crippen LogP contribution in [0.5, 0.6) is 5.75 Å². The van der Waals surface area contributed by atoms with Gasteiger partial charge in [0.25, 0.3) is 0 Å². The first-order chi connectivity index (χ1) is 9.65. The molecule has 1 unspecified atom stereocenters. The summed E-state index contributed by atoms with van der Waals surface area (Å²) in [5.74, 6) is 0.856. The molecule has 1 N–H and O–H groups in total. The molecule has 0 heterocycles. The fourth-order valence-electron chi connectivity index (χ4n) is 2.14. The fourth-order valence-corrected chi connectivity index (χ4v) is 2.80. The minimum absolute atomic E-state index is 0.0963. The van der Waals surface area contributed by atoms with Gasteiger partial charge in [0.2, 0.25) is 0 Å². The van der Waals surface area contributed by atoms with E-state index in [1.165, 1.54) is 5.56 Å². The maximum absolute atomic E-state index is 6.13. The van der Waals surface area contributed by atoms with Crippen LogP contribution >= 0.6 is 27.5 Å². The highest BCUT2D eigenvalue weighted by atomic mass is 79.9. The van der Waals surface area contributed by atoms with Crippen molar-refractivity contribution in [1.29, 1.82) is 0 Å². The average molecular weight is 355 g/mol. The van der Waals surface area contributed by atoms with Gasteiger partial charge in [0.15, 0.2) is 0 Å². The Balaban J connectivity index is 2.41. The van der Waals surface area contributed by atoms with Crippen molar-refractivity contribution in [2.45, 2.75) is 13.0 Å². The van der Waals surface area contributed by atoms with Crippen LogP contribution in [-0.2, 0) is 0 Å². The largest absolute Gasteiger partial charge is 0.497 e. The lowest BCUT2D eigenvalue weighted by atomic mass is 9.98. The number of rotatable bonds is 5. The first-order valence-corrected chi connectivity index (χ1v) is 7.65. The molecule has 2 nitrogen and oxygen atoms in total. The van der Waals surface area contributed by atoms with E-state index < -0.39 is 0 Å². The molecule has 0 fully saturated rings. The lowest BCUT2D eigenvalue weighted by Crippen LogP contribution is -2.22. The van der Waals surface area contributed by atoms with Crippen LogP contribution in [0.15, 0.2) is 46.9 Å². The zero-order chi connectivity index (χ0) is 14.5. The van der Waals surface area contributed by atoms with Crippen molar-refractivity contribution in [1.82, 2.24) is 5.32 Å². The van der Waals surface area contributed by atoms with Gasteiger partial charge in [-0.25, -0.2) is 0 Å². The zero-order valence-corrected chi connectivity index (χ0v) is 13.8. The molecule has 2 aromatic carbocycles. The molecule has 0 amide bonds. The monoisotopic (exact) mass is 353 g/mol. The van der Waals surface area contributed by atoms with E-state index in [-0.39, 0.29) is 6.04 Å². The van der Waals surface area contributed by atoms with Crippen LogP contribution in [0, 0.1) is 0 Å². The summed E-state index contributed by atoms with van der Waals surface area (Å²) in [7, 11) is 1.67. The van der Waals surface area contributed by atoms with Gasteiger partial charge in [0.05, 0.1) is 13.2 Å². The summed E-state index contributed by atoms with van der Waals surface area (Å²) < 4.78 is 6.25. The molecule has 0 aliphatic heterocycles. The smallest absolute Gasteiger partial charge is 0.118 e. The van der Waals surface area contributed by atoms with Gasteiger partial charge in [-0.05, 0) is 48.0 Å². The topological polar surface area (TPSA) is 21.3 Å². The van der Waals surface area contributed by atoms with Gasteiger partial charge in [0, 0.05) is 9.50 Å². The zero-order valence-electron chi connectivity index (χ0n) is 11.5. The van der Waals surface area contributed by atoms with Gasteiger partial charge in [-0.1, -0.05) is 46.6 Å². The highest BCUT2D eigenvalue weighted by Gasteiger charge is 2.16. The van der Waals surface area contributed by atoms with Crippen molar-refractivity contribution in [2.75, 3.05) is 13.7 Å². The highest BCUT2D eigenvalue weighted by Crippen LogP contribution is 2.31. The molecule has 20 heavy (non-hydrogen) atoms. The second-order valence-electron chi connectivity index (χ2n) is 4.43. The van der Waals surface area contributed by atoms with Crippen molar-refractivity contribution >= 4 is 27.5 Å². The van der Waals surface area contributed by atoms with Crippen LogP contribution < -0.4 is 10.1 Å². The fraction of sp³-hybridized carbons (Fsp3) is 0.250. The quantitative estimate of drug-likeness (QED) is 0.832. The van der Waals surface area contributed by atoms with Crippen LogP contribution in [0.4, 0.5) is 0 Å². The van der Waals surface area contributed by atoms with E-state index in [1.807, 2.05) is 30.3 Å². The van der Waals surface area contributed by atoms with Crippen LogP contribution in [0.25, 0.3) is 0 Å². The van der Waals surface area contributed by atoms with E-state index in [4.69, 9.17) is 16.3 Å². The predicted octanol–water partition coefficient (Wildman–Crippen LogP) is 4.81. The Bertz CT molecular complexity index is 571. The molecule has 0 saturated carbocycles. The van der Waals surface area contributed by atoms with Gasteiger partial charge in [-0.3, -0.25) is 0 Å². The number of hydrogen-bond donors (Lipinski definition) is 1. The molecular weight excluding hydrogens is 338 g/mol. The number of methoxy groups -OCH3 is 1. The van der Waals surface area contributed by atoms with Crippen molar-refractivity contribution in [3.63, 3.8) is 0 Å². The Kier molecular flexibility index (Phi) is 5.46. The summed E-state index contributed by atoms with van der Waals surface area (Å²) in [5, 5.41) is 4.23. The molecule has 2 aromatic rings. The Labute approximate surface area is 133 Å². The predicted molar refractivity (Wildman–Crippen MR) is 87.7 cm³/mol. The highest BCUT2D eigenvalue weighted by molar-refractivity contribution is 9.10. The molecule has 2 rings (SSSR count). The SMILES string of the molecule is CCNC(c1ccc(OC)cc1)c1cc(Cl)ccc1Br. The van der Waals surface area contributed by atoms with E-state index in [0.29, 0.717) is 0 Å². The van der Waals surface area contributed by atoms with Crippen LogP contribution in [0.2, 0.25) is 5.02 Å². The Morgan fingerprint density at radius 2 is 1.90 bits per heavy atom. The van der Waals surface area contributed by atoms with Gasteiger partial charge >= 0.3 is 0 Å². The summed E-state index contributed by atoms with van der Waals surface area (Å²) in [6.45, 7) is 2.96. The van der Waals surface area contributed by atoms with E-state index in [0.717, 1.165) is 27.4 Å². The molecule has 0 spiro atoms. The number of halogens is 2. The van der Waals surface area contributed by atoms with Crippen molar-refractivity contribution < 1.29 is 4.74 Å². The standard InChI is InChI=1S/C16H17BrClNO/c1-3-19-16(11-4-7-13(20-2)8-5-11)14-10-12(18)6-9-15(14)17/h4-10,16,19H,3H2,1-2H3.